The lowest BCUT2D eigenvalue weighted by molar-refractivity contribution is 0.0350. The number of benzene rings is 1. The van der Waals surface area contributed by atoms with Gasteiger partial charge in [-0.25, -0.2) is 0 Å². The van der Waals surface area contributed by atoms with Gasteiger partial charge in [0.2, 0.25) is 0 Å². The number of hydrogen-bond donors (Lipinski definition) is 1. The van der Waals surface area contributed by atoms with Crippen molar-refractivity contribution < 1.29 is 4.74 Å². The molecule has 16 heavy (non-hydrogen) atoms. The Morgan fingerprint density at radius 1 is 1.31 bits per heavy atom. The van der Waals surface area contributed by atoms with Crippen LogP contribution in [0.4, 0.5) is 0 Å². The van der Waals surface area contributed by atoms with Gasteiger partial charge in [-0.3, -0.25) is 0 Å². The van der Waals surface area contributed by atoms with Gasteiger partial charge in [-0.15, -0.1) is 0 Å². The Hall–Kier alpha value is -0.860. The zero-order chi connectivity index (χ0) is 11.4. The van der Waals surface area contributed by atoms with Gasteiger partial charge in [0.05, 0.1) is 13.2 Å². The zero-order valence-corrected chi connectivity index (χ0v) is 9.99. The largest absolute Gasteiger partial charge is 0.376 e. The Labute approximate surface area is 97.8 Å². The highest BCUT2D eigenvalue weighted by atomic mass is 16.5. The second-order valence-corrected chi connectivity index (χ2v) is 5.11. The van der Waals surface area contributed by atoms with E-state index in [4.69, 9.17) is 10.5 Å². The highest BCUT2D eigenvalue weighted by Crippen LogP contribution is 2.45. The van der Waals surface area contributed by atoms with E-state index in [9.17, 15) is 0 Å². The molecule has 1 fully saturated rings. The Balaban J connectivity index is 1.79. The van der Waals surface area contributed by atoms with Crippen molar-refractivity contribution in [2.75, 3.05) is 13.2 Å². The van der Waals surface area contributed by atoms with Crippen LogP contribution in [0.25, 0.3) is 0 Å². The van der Waals surface area contributed by atoms with Gasteiger partial charge in [0.1, 0.15) is 0 Å². The maximum absolute atomic E-state index is 5.85. The summed E-state index contributed by atoms with van der Waals surface area (Å²) in [6.45, 7) is 4.45. The molecule has 1 unspecified atom stereocenters. The van der Waals surface area contributed by atoms with E-state index in [1.807, 2.05) is 18.2 Å². The molecule has 1 saturated carbocycles. The molecule has 2 rings (SSSR count). The van der Waals surface area contributed by atoms with E-state index in [2.05, 4.69) is 19.1 Å². The minimum Gasteiger partial charge on any atom is -0.376 e. The molecule has 1 atom stereocenters. The average molecular weight is 219 g/mol. The zero-order valence-electron chi connectivity index (χ0n) is 9.99. The van der Waals surface area contributed by atoms with Crippen LogP contribution >= 0.6 is 0 Å². The van der Waals surface area contributed by atoms with Crippen LogP contribution in [0.2, 0.25) is 0 Å². The molecule has 1 aromatic rings. The molecular formula is C14H21NO. The molecular weight excluding hydrogens is 198 g/mol. The smallest absolute Gasteiger partial charge is 0.0717 e. The quantitative estimate of drug-likeness (QED) is 0.798. The van der Waals surface area contributed by atoms with E-state index < -0.39 is 0 Å². The van der Waals surface area contributed by atoms with Crippen LogP contribution in [-0.2, 0) is 11.3 Å². The van der Waals surface area contributed by atoms with Gasteiger partial charge in [-0.2, -0.15) is 0 Å². The third kappa shape index (κ3) is 2.83. The molecule has 1 aromatic carbocycles. The molecule has 0 aliphatic heterocycles. The predicted molar refractivity (Wildman–Crippen MR) is 66.0 cm³/mol. The summed E-state index contributed by atoms with van der Waals surface area (Å²) in [6, 6.07) is 10.3. The van der Waals surface area contributed by atoms with Crippen LogP contribution in [-0.4, -0.2) is 13.2 Å². The molecule has 0 saturated heterocycles. The van der Waals surface area contributed by atoms with Crippen LogP contribution < -0.4 is 5.73 Å². The maximum atomic E-state index is 5.85. The Morgan fingerprint density at radius 3 is 2.56 bits per heavy atom. The van der Waals surface area contributed by atoms with Crippen LogP contribution in [0.5, 0.6) is 0 Å². The number of ether oxygens (including phenoxy) is 1. The van der Waals surface area contributed by atoms with Crippen molar-refractivity contribution in [3.63, 3.8) is 0 Å². The molecule has 0 bridgehead atoms. The number of hydrogen-bond acceptors (Lipinski definition) is 2. The molecule has 0 radical (unpaired) electrons. The summed E-state index contributed by atoms with van der Waals surface area (Å²) in [5, 5.41) is 0. The topological polar surface area (TPSA) is 35.2 Å². The second-order valence-electron chi connectivity index (χ2n) is 5.11. The summed E-state index contributed by atoms with van der Waals surface area (Å²) >= 11 is 0. The van der Waals surface area contributed by atoms with E-state index in [1.165, 1.54) is 18.4 Å². The number of rotatable bonds is 6. The fourth-order valence-corrected chi connectivity index (χ4v) is 2.10. The van der Waals surface area contributed by atoms with Gasteiger partial charge >= 0.3 is 0 Å². The normalized spacial score (nSPS) is 19.4. The van der Waals surface area contributed by atoms with Gasteiger partial charge in [-0.05, 0) is 24.3 Å². The van der Waals surface area contributed by atoms with Crippen LogP contribution in [0, 0.1) is 11.3 Å². The monoisotopic (exact) mass is 219 g/mol. The van der Waals surface area contributed by atoms with Crippen LogP contribution in [0.3, 0.4) is 0 Å². The first kappa shape index (κ1) is 11.6. The molecule has 88 valence electrons. The van der Waals surface area contributed by atoms with Crippen molar-refractivity contribution >= 4 is 0 Å². The second kappa shape index (κ2) is 4.98. The lowest BCUT2D eigenvalue weighted by Crippen LogP contribution is -2.34. The lowest BCUT2D eigenvalue weighted by Gasteiger charge is -2.27. The predicted octanol–water partition coefficient (Wildman–Crippen LogP) is 2.58. The average Bonchev–Trinajstić information content (AvgIpc) is 3.14. The summed E-state index contributed by atoms with van der Waals surface area (Å²) in [4.78, 5) is 0. The Kier molecular flexibility index (Phi) is 3.62. The maximum Gasteiger partial charge on any atom is 0.0717 e. The number of nitrogens with two attached hydrogens (primary N) is 1. The van der Waals surface area contributed by atoms with Gasteiger partial charge in [0.25, 0.3) is 0 Å². The van der Waals surface area contributed by atoms with Crippen molar-refractivity contribution in [3.8, 4) is 0 Å². The molecule has 1 aliphatic rings. The summed E-state index contributed by atoms with van der Waals surface area (Å²) in [6.07, 6.45) is 2.64. The molecule has 1 aliphatic carbocycles. The van der Waals surface area contributed by atoms with E-state index in [0.29, 0.717) is 6.61 Å². The summed E-state index contributed by atoms with van der Waals surface area (Å²) in [5.41, 5.74) is 7.27. The standard InChI is InChI=1S/C14H21NO/c1-14(10-15,13-7-8-13)11-16-9-12-5-3-2-4-6-12/h2-6,13H,7-11,15H2,1H3. The molecule has 0 aromatic heterocycles. The fraction of sp³-hybridized carbons (Fsp3) is 0.571. The highest BCUT2D eigenvalue weighted by Gasteiger charge is 2.40. The third-order valence-electron chi connectivity index (χ3n) is 3.57. The third-order valence-corrected chi connectivity index (χ3v) is 3.57. The van der Waals surface area contributed by atoms with E-state index >= 15 is 0 Å². The molecule has 0 heterocycles. The first-order valence-corrected chi connectivity index (χ1v) is 6.06. The van der Waals surface area contributed by atoms with Crippen molar-refractivity contribution in [1.29, 1.82) is 0 Å². The molecule has 0 amide bonds. The van der Waals surface area contributed by atoms with Gasteiger partial charge in [-0.1, -0.05) is 37.3 Å². The van der Waals surface area contributed by atoms with Crippen LogP contribution in [0.1, 0.15) is 25.3 Å². The highest BCUT2D eigenvalue weighted by molar-refractivity contribution is 5.13. The van der Waals surface area contributed by atoms with Crippen molar-refractivity contribution in [2.24, 2.45) is 17.1 Å². The SMILES string of the molecule is CC(CN)(COCc1ccccc1)C1CC1. The Bertz CT molecular complexity index is 321. The van der Waals surface area contributed by atoms with E-state index in [-0.39, 0.29) is 5.41 Å². The fourth-order valence-electron chi connectivity index (χ4n) is 2.10. The first-order valence-electron chi connectivity index (χ1n) is 6.06. The summed E-state index contributed by atoms with van der Waals surface area (Å²) in [5.74, 6) is 0.785. The summed E-state index contributed by atoms with van der Waals surface area (Å²) < 4.78 is 5.80. The molecule has 2 N–H and O–H groups in total. The minimum absolute atomic E-state index is 0.189. The van der Waals surface area contributed by atoms with Crippen molar-refractivity contribution in [1.82, 2.24) is 0 Å². The van der Waals surface area contributed by atoms with Gasteiger partial charge in [0, 0.05) is 12.0 Å². The van der Waals surface area contributed by atoms with Gasteiger partial charge < -0.3 is 10.5 Å². The van der Waals surface area contributed by atoms with E-state index in [1.54, 1.807) is 0 Å². The van der Waals surface area contributed by atoms with Crippen molar-refractivity contribution in [2.45, 2.75) is 26.4 Å². The van der Waals surface area contributed by atoms with Gasteiger partial charge in [0.15, 0.2) is 0 Å². The molecule has 2 nitrogen and oxygen atoms in total. The van der Waals surface area contributed by atoms with Crippen molar-refractivity contribution in [3.05, 3.63) is 35.9 Å². The minimum atomic E-state index is 0.189. The van der Waals surface area contributed by atoms with Crippen LogP contribution in [0.15, 0.2) is 30.3 Å². The Morgan fingerprint density at radius 2 is 2.00 bits per heavy atom. The first-order chi connectivity index (χ1) is 7.74. The molecule has 0 spiro atoms. The summed E-state index contributed by atoms with van der Waals surface area (Å²) in [7, 11) is 0. The lowest BCUT2D eigenvalue weighted by atomic mass is 9.86. The molecule has 2 heteroatoms. The van der Waals surface area contributed by atoms with E-state index in [0.717, 1.165) is 19.1 Å².